The van der Waals surface area contributed by atoms with Crippen LogP contribution >= 0.6 is 11.6 Å². The van der Waals surface area contributed by atoms with Crippen molar-refractivity contribution in [3.8, 4) is 0 Å². The van der Waals surface area contributed by atoms with E-state index in [1.54, 1.807) is 20.2 Å². The van der Waals surface area contributed by atoms with Gasteiger partial charge in [0.25, 0.3) is 5.69 Å². The molecule has 0 aliphatic rings. The first-order valence-electron chi connectivity index (χ1n) is 6.20. The summed E-state index contributed by atoms with van der Waals surface area (Å²) in [6.07, 6.45) is 0. The van der Waals surface area contributed by atoms with Gasteiger partial charge in [0.1, 0.15) is 5.02 Å². The van der Waals surface area contributed by atoms with Crippen molar-refractivity contribution in [3.63, 3.8) is 0 Å². The number of nitrogens with zero attached hydrogens (tertiary/aromatic N) is 3. The molecule has 0 aliphatic heterocycles. The average molecular weight is 300 g/mol. The zero-order valence-corrected chi connectivity index (χ0v) is 12.6. The van der Waals surface area contributed by atoms with Crippen molar-refractivity contribution >= 4 is 23.2 Å². The second-order valence-corrected chi connectivity index (χ2v) is 5.04. The monoisotopic (exact) mass is 299 g/mol. The van der Waals surface area contributed by atoms with E-state index in [4.69, 9.17) is 11.6 Å². The van der Waals surface area contributed by atoms with Gasteiger partial charge in [0.2, 0.25) is 5.91 Å². The molecular weight excluding hydrogens is 282 g/mol. The fourth-order valence-electron chi connectivity index (χ4n) is 1.67. The van der Waals surface area contributed by atoms with Crippen LogP contribution in [0.4, 0.5) is 5.69 Å². The Balaban J connectivity index is 2.82. The average Bonchev–Trinajstić information content (AvgIpc) is 2.39. The van der Waals surface area contributed by atoms with E-state index in [2.05, 4.69) is 0 Å². The maximum Gasteiger partial charge on any atom is 0.288 e. The van der Waals surface area contributed by atoms with Crippen LogP contribution in [0.2, 0.25) is 5.02 Å². The second kappa shape index (κ2) is 7.21. The molecule has 0 radical (unpaired) electrons. The largest absolute Gasteiger partial charge is 0.348 e. The Morgan fingerprint density at radius 2 is 2.05 bits per heavy atom. The maximum absolute atomic E-state index is 11.7. The molecule has 6 nitrogen and oxygen atoms in total. The summed E-state index contributed by atoms with van der Waals surface area (Å²) < 4.78 is 0. The summed E-state index contributed by atoms with van der Waals surface area (Å²) in [4.78, 5) is 25.5. The number of halogens is 1. The molecule has 20 heavy (non-hydrogen) atoms. The Labute approximate surface area is 123 Å². The van der Waals surface area contributed by atoms with Crippen molar-refractivity contribution in [2.45, 2.75) is 13.5 Å². The minimum absolute atomic E-state index is 0.00434. The number of likely N-dealkylation sites (N-methyl/N-ethyl adjacent to an activating group) is 2. The van der Waals surface area contributed by atoms with Gasteiger partial charge in [-0.1, -0.05) is 24.6 Å². The summed E-state index contributed by atoms with van der Waals surface area (Å²) in [6, 6.07) is 4.69. The number of carbonyl (C=O) groups is 1. The molecule has 1 rings (SSSR count). The zero-order chi connectivity index (χ0) is 15.3. The molecule has 0 heterocycles. The van der Waals surface area contributed by atoms with Gasteiger partial charge in [-0.25, -0.2) is 0 Å². The number of amides is 1. The third-order valence-electron chi connectivity index (χ3n) is 2.92. The quantitative estimate of drug-likeness (QED) is 0.596. The molecule has 0 fully saturated rings. The van der Waals surface area contributed by atoms with E-state index < -0.39 is 4.92 Å². The van der Waals surface area contributed by atoms with Crippen molar-refractivity contribution in [1.29, 1.82) is 0 Å². The van der Waals surface area contributed by atoms with E-state index in [0.29, 0.717) is 13.1 Å². The van der Waals surface area contributed by atoms with E-state index in [9.17, 15) is 14.9 Å². The van der Waals surface area contributed by atoms with Crippen LogP contribution < -0.4 is 0 Å². The molecule has 0 saturated heterocycles. The summed E-state index contributed by atoms with van der Waals surface area (Å²) in [6.45, 7) is 3.36. The predicted octanol–water partition coefficient (Wildman–Crippen LogP) is 2.16. The van der Waals surface area contributed by atoms with Crippen LogP contribution in [0.3, 0.4) is 0 Å². The summed E-state index contributed by atoms with van der Waals surface area (Å²) in [5.74, 6) is -0.00434. The van der Waals surface area contributed by atoms with Crippen LogP contribution in [0.1, 0.15) is 12.5 Å². The third kappa shape index (κ3) is 4.47. The van der Waals surface area contributed by atoms with Crippen LogP contribution in [0, 0.1) is 10.1 Å². The second-order valence-electron chi connectivity index (χ2n) is 4.63. The Hall–Kier alpha value is -1.66. The Morgan fingerprint density at radius 1 is 1.40 bits per heavy atom. The maximum atomic E-state index is 11.7. The first-order valence-corrected chi connectivity index (χ1v) is 6.58. The number of nitro groups is 1. The van der Waals surface area contributed by atoms with Crippen molar-refractivity contribution < 1.29 is 9.72 Å². The first kappa shape index (κ1) is 16.4. The zero-order valence-electron chi connectivity index (χ0n) is 11.8. The number of benzene rings is 1. The molecule has 1 aromatic carbocycles. The van der Waals surface area contributed by atoms with E-state index in [0.717, 1.165) is 5.56 Å². The molecule has 7 heteroatoms. The normalized spacial score (nSPS) is 10.7. The van der Waals surface area contributed by atoms with Gasteiger partial charge < -0.3 is 4.90 Å². The molecule has 0 N–H and O–H groups in total. The van der Waals surface area contributed by atoms with E-state index in [1.807, 2.05) is 11.8 Å². The van der Waals surface area contributed by atoms with Crippen molar-refractivity contribution in [3.05, 3.63) is 38.9 Å². The van der Waals surface area contributed by atoms with Crippen molar-refractivity contribution in [2.24, 2.45) is 0 Å². The van der Waals surface area contributed by atoms with E-state index in [-0.39, 0.29) is 23.2 Å². The molecule has 0 spiro atoms. The van der Waals surface area contributed by atoms with Gasteiger partial charge in [-0.15, -0.1) is 0 Å². The van der Waals surface area contributed by atoms with Gasteiger partial charge in [-0.2, -0.15) is 0 Å². The Morgan fingerprint density at radius 3 is 2.55 bits per heavy atom. The van der Waals surface area contributed by atoms with E-state index in [1.165, 1.54) is 17.0 Å². The minimum atomic E-state index is -0.507. The predicted molar refractivity (Wildman–Crippen MR) is 77.8 cm³/mol. The number of nitro benzene ring substituents is 1. The van der Waals surface area contributed by atoms with Gasteiger partial charge in [0.05, 0.1) is 11.5 Å². The summed E-state index contributed by atoms with van der Waals surface area (Å²) >= 11 is 5.77. The lowest BCUT2D eigenvalue weighted by atomic mass is 10.2. The highest BCUT2D eigenvalue weighted by molar-refractivity contribution is 6.32. The number of hydrogen-bond acceptors (Lipinski definition) is 4. The molecule has 1 aromatic rings. The molecule has 0 aromatic heterocycles. The number of rotatable bonds is 6. The Kier molecular flexibility index (Phi) is 5.91. The van der Waals surface area contributed by atoms with Crippen LogP contribution in [0.15, 0.2) is 18.2 Å². The lowest BCUT2D eigenvalue weighted by Crippen LogP contribution is -2.36. The smallest absolute Gasteiger partial charge is 0.288 e. The highest BCUT2D eigenvalue weighted by Gasteiger charge is 2.15. The fraction of sp³-hybridized carbons (Fsp3) is 0.462. The van der Waals surface area contributed by atoms with Crippen molar-refractivity contribution in [1.82, 2.24) is 9.80 Å². The molecule has 1 amide bonds. The van der Waals surface area contributed by atoms with Gasteiger partial charge in [0, 0.05) is 26.7 Å². The van der Waals surface area contributed by atoms with E-state index >= 15 is 0 Å². The van der Waals surface area contributed by atoms with Crippen LogP contribution in [0.5, 0.6) is 0 Å². The summed E-state index contributed by atoms with van der Waals surface area (Å²) in [5.41, 5.74) is 0.647. The minimum Gasteiger partial charge on any atom is -0.348 e. The molecule has 0 unspecified atom stereocenters. The molecule has 0 atom stereocenters. The highest BCUT2D eigenvalue weighted by atomic mass is 35.5. The SMILES string of the molecule is CCN(CC(=O)N(C)C)Cc1ccc(Cl)c([N+](=O)[O-])c1. The lowest BCUT2D eigenvalue weighted by molar-refractivity contribution is -0.384. The summed E-state index contributed by atoms with van der Waals surface area (Å²) in [7, 11) is 3.40. The molecule has 0 bridgehead atoms. The summed E-state index contributed by atoms with van der Waals surface area (Å²) in [5, 5.41) is 11.0. The van der Waals surface area contributed by atoms with Gasteiger partial charge in [-0.05, 0) is 18.2 Å². The fourth-order valence-corrected chi connectivity index (χ4v) is 1.85. The standard InChI is InChI=1S/C13H18ClN3O3/c1-4-16(9-13(18)15(2)3)8-10-5-6-11(14)12(7-10)17(19)20/h5-7H,4,8-9H2,1-3H3. The first-order chi connectivity index (χ1) is 9.35. The molecule has 110 valence electrons. The highest BCUT2D eigenvalue weighted by Crippen LogP contribution is 2.25. The molecular formula is C13H18ClN3O3. The Bertz CT molecular complexity index is 506. The van der Waals surface area contributed by atoms with Gasteiger partial charge in [-0.3, -0.25) is 19.8 Å². The van der Waals surface area contributed by atoms with Crippen LogP contribution in [-0.2, 0) is 11.3 Å². The third-order valence-corrected chi connectivity index (χ3v) is 3.24. The van der Waals surface area contributed by atoms with Gasteiger partial charge in [0.15, 0.2) is 0 Å². The topological polar surface area (TPSA) is 66.7 Å². The molecule has 0 aliphatic carbocycles. The van der Waals surface area contributed by atoms with Crippen LogP contribution in [0.25, 0.3) is 0 Å². The number of hydrogen-bond donors (Lipinski definition) is 0. The van der Waals surface area contributed by atoms with Gasteiger partial charge >= 0.3 is 0 Å². The van der Waals surface area contributed by atoms with Crippen LogP contribution in [-0.4, -0.2) is 47.8 Å². The molecule has 0 saturated carbocycles. The number of carbonyl (C=O) groups excluding carboxylic acids is 1. The van der Waals surface area contributed by atoms with Crippen molar-refractivity contribution in [2.75, 3.05) is 27.2 Å². The lowest BCUT2D eigenvalue weighted by Gasteiger charge is -2.21.